The van der Waals surface area contributed by atoms with Crippen LogP contribution in [0.1, 0.15) is 29.3 Å². The van der Waals surface area contributed by atoms with E-state index >= 15 is 0 Å². The minimum atomic E-state index is -0.0978. The third-order valence-electron chi connectivity index (χ3n) is 4.05. The van der Waals surface area contributed by atoms with E-state index in [0.29, 0.717) is 23.1 Å². The van der Waals surface area contributed by atoms with Crippen molar-refractivity contribution >= 4 is 23.2 Å². The number of aryl methyl sites for hydroxylation is 4. The van der Waals surface area contributed by atoms with Gasteiger partial charge in [0, 0.05) is 24.1 Å². The molecule has 3 rings (SSSR count). The van der Waals surface area contributed by atoms with Crippen LogP contribution in [0, 0.1) is 20.8 Å². The van der Waals surface area contributed by atoms with Crippen molar-refractivity contribution in [1.82, 2.24) is 9.97 Å². The van der Waals surface area contributed by atoms with E-state index in [4.69, 9.17) is 16.0 Å². The number of halogens is 1. The molecule has 0 saturated carbocycles. The molecule has 0 saturated heterocycles. The van der Waals surface area contributed by atoms with Crippen LogP contribution in [-0.4, -0.2) is 15.9 Å². The van der Waals surface area contributed by atoms with Crippen molar-refractivity contribution in [1.29, 1.82) is 0 Å². The monoisotopic (exact) mass is 369 g/mol. The van der Waals surface area contributed by atoms with Crippen LogP contribution in [-0.2, 0) is 11.2 Å². The molecule has 5 nitrogen and oxygen atoms in total. The van der Waals surface area contributed by atoms with Crippen molar-refractivity contribution in [3.05, 3.63) is 64.4 Å². The van der Waals surface area contributed by atoms with E-state index in [9.17, 15) is 4.79 Å². The zero-order chi connectivity index (χ0) is 18.7. The number of rotatable bonds is 5. The van der Waals surface area contributed by atoms with E-state index in [1.165, 1.54) is 0 Å². The Labute approximate surface area is 157 Å². The number of nitrogens with one attached hydrogen (secondary N) is 1. The Hall–Kier alpha value is -2.66. The van der Waals surface area contributed by atoms with Crippen LogP contribution in [0.5, 0.6) is 0 Å². The van der Waals surface area contributed by atoms with E-state index < -0.39 is 0 Å². The summed E-state index contributed by atoms with van der Waals surface area (Å²) in [6, 6.07) is 9.36. The number of anilines is 1. The lowest BCUT2D eigenvalue weighted by Gasteiger charge is -2.11. The van der Waals surface area contributed by atoms with E-state index in [0.717, 1.165) is 28.2 Å². The molecule has 0 atom stereocenters. The van der Waals surface area contributed by atoms with Crippen LogP contribution in [0.3, 0.4) is 0 Å². The molecule has 6 heteroatoms. The zero-order valence-corrected chi connectivity index (χ0v) is 15.7. The van der Waals surface area contributed by atoms with Crippen LogP contribution in [0.4, 0.5) is 5.69 Å². The summed E-state index contributed by atoms with van der Waals surface area (Å²) in [6.45, 7) is 5.78. The van der Waals surface area contributed by atoms with Gasteiger partial charge in [-0.1, -0.05) is 23.7 Å². The quantitative estimate of drug-likeness (QED) is 0.695. The molecule has 3 aromatic rings. The predicted octanol–water partition coefficient (Wildman–Crippen LogP) is 4.89. The van der Waals surface area contributed by atoms with Crippen molar-refractivity contribution in [3.8, 4) is 11.3 Å². The summed E-state index contributed by atoms with van der Waals surface area (Å²) in [5.41, 5.74) is 4.30. The summed E-state index contributed by atoms with van der Waals surface area (Å²) in [5.74, 6) is 1.00. The van der Waals surface area contributed by atoms with Crippen LogP contribution in [0.2, 0.25) is 5.02 Å². The Morgan fingerprint density at radius 2 is 2.00 bits per heavy atom. The third kappa shape index (κ3) is 4.11. The first-order valence-corrected chi connectivity index (χ1v) is 8.76. The Morgan fingerprint density at radius 3 is 2.73 bits per heavy atom. The Bertz CT molecular complexity index is 927. The Morgan fingerprint density at radius 1 is 1.23 bits per heavy atom. The topological polar surface area (TPSA) is 68.0 Å². The average molecular weight is 370 g/mol. The number of amides is 1. The second-order valence-corrected chi connectivity index (χ2v) is 6.59. The molecule has 1 aromatic carbocycles. The molecule has 2 heterocycles. The fourth-order valence-electron chi connectivity index (χ4n) is 2.85. The van der Waals surface area contributed by atoms with Crippen LogP contribution in [0.15, 0.2) is 40.9 Å². The van der Waals surface area contributed by atoms with Crippen molar-refractivity contribution < 1.29 is 9.21 Å². The van der Waals surface area contributed by atoms with Crippen LogP contribution in [0.25, 0.3) is 11.3 Å². The second kappa shape index (κ2) is 7.70. The summed E-state index contributed by atoms with van der Waals surface area (Å²) in [5, 5.41) is 3.53. The van der Waals surface area contributed by atoms with Gasteiger partial charge >= 0.3 is 0 Å². The normalized spacial score (nSPS) is 10.8. The van der Waals surface area contributed by atoms with Gasteiger partial charge in [0.1, 0.15) is 0 Å². The largest absolute Gasteiger partial charge is 0.441 e. The van der Waals surface area contributed by atoms with Gasteiger partial charge in [-0.05, 0) is 44.5 Å². The number of nitrogens with zero attached hydrogens (tertiary/aromatic N) is 2. The smallest absolute Gasteiger partial charge is 0.224 e. The van der Waals surface area contributed by atoms with E-state index in [1.807, 2.05) is 45.0 Å². The van der Waals surface area contributed by atoms with Gasteiger partial charge in [-0.25, -0.2) is 4.98 Å². The molecule has 0 unspecified atom stereocenters. The fourth-order valence-corrected chi connectivity index (χ4v) is 3.08. The fraction of sp³-hybridized carbons (Fsp3) is 0.250. The van der Waals surface area contributed by atoms with Crippen molar-refractivity contribution in [2.24, 2.45) is 0 Å². The molecule has 0 radical (unpaired) electrons. The number of hydrogen-bond donors (Lipinski definition) is 1. The van der Waals surface area contributed by atoms with Gasteiger partial charge in [0.25, 0.3) is 0 Å². The average Bonchev–Trinajstić information content (AvgIpc) is 3.05. The summed E-state index contributed by atoms with van der Waals surface area (Å²) < 4.78 is 5.73. The van der Waals surface area contributed by atoms with Gasteiger partial charge in [-0.2, -0.15) is 0 Å². The van der Waals surface area contributed by atoms with Gasteiger partial charge < -0.3 is 9.73 Å². The second-order valence-electron chi connectivity index (χ2n) is 6.19. The van der Waals surface area contributed by atoms with Crippen molar-refractivity contribution in [2.75, 3.05) is 5.32 Å². The molecule has 0 aliphatic rings. The number of aromatic nitrogens is 2. The number of pyridine rings is 1. The Kier molecular flexibility index (Phi) is 5.38. The highest BCUT2D eigenvalue weighted by Gasteiger charge is 2.13. The molecule has 134 valence electrons. The Balaban J connectivity index is 1.63. The van der Waals surface area contributed by atoms with E-state index in [-0.39, 0.29) is 12.3 Å². The van der Waals surface area contributed by atoms with Gasteiger partial charge in [-0.3, -0.25) is 9.78 Å². The standard InChI is InChI=1S/C20H20ClN3O2/c1-12-10-13(2)23-14(3)20(12)24-18(25)8-9-19-22-11-17(26-19)15-6-4-5-7-16(15)21/h4-7,10-11H,8-9H2,1-3H3,(H,24,25). The van der Waals surface area contributed by atoms with Gasteiger partial charge in [-0.15, -0.1) is 0 Å². The molecule has 0 aliphatic carbocycles. The van der Waals surface area contributed by atoms with Gasteiger partial charge in [0.15, 0.2) is 11.7 Å². The maximum atomic E-state index is 12.3. The lowest BCUT2D eigenvalue weighted by molar-refractivity contribution is -0.116. The molecule has 1 N–H and O–H groups in total. The highest BCUT2D eigenvalue weighted by atomic mass is 35.5. The van der Waals surface area contributed by atoms with Gasteiger partial charge in [0.05, 0.1) is 22.6 Å². The molecular formula is C20H20ClN3O2. The summed E-state index contributed by atoms with van der Waals surface area (Å²) >= 11 is 6.17. The summed E-state index contributed by atoms with van der Waals surface area (Å²) in [4.78, 5) is 20.9. The number of carbonyl (C=O) groups excluding carboxylic acids is 1. The van der Waals surface area contributed by atoms with E-state index in [2.05, 4.69) is 15.3 Å². The first kappa shape index (κ1) is 18.1. The molecule has 0 bridgehead atoms. The van der Waals surface area contributed by atoms with Crippen molar-refractivity contribution in [2.45, 2.75) is 33.6 Å². The highest BCUT2D eigenvalue weighted by Crippen LogP contribution is 2.28. The number of oxazole rings is 1. The van der Waals surface area contributed by atoms with Gasteiger partial charge in [0.2, 0.25) is 5.91 Å². The molecule has 0 fully saturated rings. The maximum Gasteiger partial charge on any atom is 0.224 e. The predicted molar refractivity (Wildman–Crippen MR) is 102 cm³/mol. The van der Waals surface area contributed by atoms with E-state index in [1.54, 1.807) is 12.3 Å². The molecular weight excluding hydrogens is 350 g/mol. The summed E-state index contributed by atoms with van der Waals surface area (Å²) in [6.07, 6.45) is 2.32. The summed E-state index contributed by atoms with van der Waals surface area (Å²) in [7, 11) is 0. The lowest BCUT2D eigenvalue weighted by atomic mass is 10.1. The molecule has 1 amide bonds. The lowest BCUT2D eigenvalue weighted by Crippen LogP contribution is -2.15. The minimum absolute atomic E-state index is 0.0978. The molecule has 0 spiro atoms. The number of carbonyl (C=O) groups is 1. The first-order chi connectivity index (χ1) is 12.4. The zero-order valence-electron chi connectivity index (χ0n) is 15.0. The van der Waals surface area contributed by atoms with Crippen LogP contribution < -0.4 is 5.32 Å². The molecule has 26 heavy (non-hydrogen) atoms. The third-order valence-corrected chi connectivity index (χ3v) is 4.38. The minimum Gasteiger partial charge on any atom is -0.441 e. The SMILES string of the molecule is Cc1cc(C)c(NC(=O)CCc2ncc(-c3ccccc3Cl)o2)c(C)n1. The number of hydrogen-bond acceptors (Lipinski definition) is 4. The first-order valence-electron chi connectivity index (χ1n) is 8.38. The van der Waals surface area contributed by atoms with Crippen LogP contribution >= 0.6 is 11.6 Å². The van der Waals surface area contributed by atoms with Crippen molar-refractivity contribution in [3.63, 3.8) is 0 Å². The molecule has 2 aromatic heterocycles. The maximum absolute atomic E-state index is 12.3. The highest BCUT2D eigenvalue weighted by molar-refractivity contribution is 6.33. The number of benzene rings is 1. The molecule has 0 aliphatic heterocycles.